The second-order valence-electron chi connectivity index (χ2n) is 5.81. The Bertz CT molecular complexity index is 361. The summed E-state index contributed by atoms with van der Waals surface area (Å²) in [4.78, 5) is 0. The Morgan fingerprint density at radius 2 is 2.00 bits per heavy atom. The van der Waals surface area contributed by atoms with Crippen LogP contribution < -0.4 is 10.1 Å². The van der Waals surface area contributed by atoms with Gasteiger partial charge in [-0.25, -0.2) is 0 Å². The number of hydrogen-bond acceptors (Lipinski definition) is 3. The molecule has 1 heterocycles. The lowest BCUT2D eigenvalue weighted by Gasteiger charge is -2.24. The molecule has 1 aromatic rings. The molecule has 18 heavy (non-hydrogen) atoms. The van der Waals surface area contributed by atoms with Crippen LogP contribution in [0.1, 0.15) is 26.3 Å². The number of nitrogens with one attached hydrogen (secondary N) is 1. The molecule has 0 saturated carbocycles. The molecule has 0 radical (unpaired) electrons. The summed E-state index contributed by atoms with van der Waals surface area (Å²) in [6, 6.07) is 8.68. The molecule has 0 aromatic heterocycles. The van der Waals surface area contributed by atoms with Gasteiger partial charge < -0.3 is 14.8 Å². The minimum absolute atomic E-state index is 0.192. The van der Waals surface area contributed by atoms with Crippen LogP contribution in [0.15, 0.2) is 24.3 Å². The Labute approximate surface area is 109 Å². The zero-order chi connectivity index (χ0) is 13.0. The van der Waals surface area contributed by atoms with Crippen LogP contribution >= 0.6 is 0 Å². The smallest absolute Gasteiger partial charge is 0.119 e. The molecular formula is C15H23NO2. The first-order valence-electron chi connectivity index (χ1n) is 6.60. The highest BCUT2D eigenvalue weighted by atomic mass is 16.5. The van der Waals surface area contributed by atoms with E-state index in [0.29, 0.717) is 12.6 Å². The number of ether oxygens (including phenoxy) is 2. The maximum Gasteiger partial charge on any atom is 0.119 e. The quantitative estimate of drug-likeness (QED) is 0.892. The molecule has 3 nitrogen and oxygen atoms in total. The third-order valence-corrected chi connectivity index (χ3v) is 3.17. The molecule has 0 aliphatic carbocycles. The van der Waals surface area contributed by atoms with E-state index in [1.165, 1.54) is 5.56 Å². The zero-order valence-electron chi connectivity index (χ0n) is 11.5. The van der Waals surface area contributed by atoms with Crippen LogP contribution in [0.3, 0.4) is 0 Å². The summed E-state index contributed by atoms with van der Waals surface area (Å²) in [5, 5.41) is 3.37. The fraction of sp³-hybridized carbons (Fsp3) is 0.600. The molecule has 1 aliphatic heterocycles. The van der Waals surface area contributed by atoms with Crippen LogP contribution in [-0.4, -0.2) is 32.4 Å². The van der Waals surface area contributed by atoms with E-state index in [0.717, 1.165) is 25.5 Å². The van der Waals surface area contributed by atoms with Gasteiger partial charge in [-0.15, -0.1) is 0 Å². The average molecular weight is 249 g/mol. The molecule has 1 saturated heterocycles. The van der Waals surface area contributed by atoms with E-state index in [9.17, 15) is 0 Å². The fourth-order valence-corrected chi connectivity index (χ4v) is 1.97. The van der Waals surface area contributed by atoms with Crippen LogP contribution in [0.4, 0.5) is 0 Å². The molecule has 0 bridgehead atoms. The average Bonchev–Trinajstić information content (AvgIpc) is 2.37. The molecule has 1 fully saturated rings. The van der Waals surface area contributed by atoms with Gasteiger partial charge >= 0.3 is 0 Å². The van der Waals surface area contributed by atoms with Gasteiger partial charge in [-0.1, -0.05) is 32.9 Å². The van der Waals surface area contributed by atoms with Crippen molar-refractivity contribution in [2.45, 2.75) is 32.2 Å². The van der Waals surface area contributed by atoms with E-state index in [1.54, 1.807) is 0 Å². The second kappa shape index (κ2) is 5.72. The highest BCUT2D eigenvalue weighted by Crippen LogP contribution is 2.24. The standard InChI is InChI=1S/C15H23NO2/c1-15(2,3)12-4-6-14(7-5-12)18-11-13-10-17-9-8-16-13/h4-7,13,16H,8-11H2,1-3H3. The SMILES string of the molecule is CC(C)(C)c1ccc(OCC2COCCN2)cc1. The summed E-state index contributed by atoms with van der Waals surface area (Å²) in [7, 11) is 0. The minimum atomic E-state index is 0.192. The van der Waals surface area contributed by atoms with Crippen LogP contribution in [0.25, 0.3) is 0 Å². The van der Waals surface area contributed by atoms with Gasteiger partial charge in [-0.2, -0.15) is 0 Å². The van der Waals surface area contributed by atoms with Gasteiger partial charge in [0, 0.05) is 6.54 Å². The molecule has 1 unspecified atom stereocenters. The molecular weight excluding hydrogens is 226 g/mol. The van der Waals surface area contributed by atoms with Gasteiger partial charge in [0.05, 0.1) is 19.3 Å². The first-order valence-corrected chi connectivity index (χ1v) is 6.60. The van der Waals surface area contributed by atoms with Gasteiger partial charge in [-0.05, 0) is 23.1 Å². The summed E-state index contributed by atoms with van der Waals surface area (Å²) in [6.07, 6.45) is 0. The van der Waals surface area contributed by atoms with Crippen molar-refractivity contribution < 1.29 is 9.47 Å². The lowest BCUT2D eigenvalue weighted by Crippen LogP contribution is -2.44. The zero-order valence-corrected chi connectivity index (χ0v) is 11.5. The van der Waals surface area contributed by atoms with E-state index in [1.807, 2.05) is 12.1 Å². The summed E-state index contributed by atoms with van der Waals surface area (Å²) in [6.45, 7) is 9.76. The van der Waals surface area contributed by atoms with Gasteiger partial charge in [0.1, 0.15) is 12.4 Å². The summed E-state index contributed by atoms with van der Waals surface area (Å²) in [5.74, 6) is 0.926. The second-order valence-corrected chi connectivity index (χ2v) is 5.81. The largest absolute Gasteiger partial charge is 0.492 e. The third kappa shape index (κ3) is 3.72. The maximum atomic E-state index is 5.77. The highest BCUT2D eigenvalue weighted by molar-refractivity contribution is 5.31. The molecule has 1 aliphatic rings. The van der Waals surface area contributed by atoms with Crippen LogP contribution in [0.2, 0.25) is 0 Å². The number of rotatable bonds is 3. The van der Waals surface area contributed by atoms with E-state index in [4.69, 9.17) is 9.47 Å². The van der Waals surface area contributed by atoms with E-state index >= 15 is 0 Å². The van der Waals surface area contributed by atoms with Crippen LogP contribution in [0, 0.1) is 0 Å². The van der Waals surface area contributed by atoms with Crippen molar-refractivity contribution in [3.63, 3.8) is 0 Å². The van der Waals surface area contributed by atoms with E-state index in [2.05, 4.69) is 38.2 Å². The van der Waals surface area contributed by atoms with E-state index in [-0.39, 0.29) is 5.41 Å². The van der Waals surface area contributed by atoms with E-state index < -0.39 is 0 Å². The van der Waals surface area contributed by atoms with Crippen molar-refractivity contribution in [3.8, 4) is 5.75 Å². The molecule has 1 N–H and O–H groups in total. The van der Waals surface area contributed by atoms with Crippen LogP contribution in [0.5, 0.6) is 5.75 Å². The van der Waals surface area contributed by atoms with Crippen LogP contribution in [-0.2, 0) is 10.2 Å². The number of hydrogen-bond donors (Lipinski definition) is 1. The summed E-state index contributed by atoms with van der Waals surface area (Å²) in [5.41, 5.74) is 1.52. The third-order valence-electron chi connectivity index (χ3n) is 3.17. The Kier molecular flexibility index (Phi) is 4.25. The molecule has 0 spiro atoms. The molecule has 3 heteroatoms. The summed E-state index contributed by atoms with van der Waals surface area (Å²) >= 11 is 0. The van der Waals surface area contributed by atoms with Crippen molar-refractivity contribution in [1.82, 2.24) is 5.32 Å². The Hall–Kier alpha value is -1.06. The fourth-order valence-electron chi connectivity index (χ4n) is 1.97. The summed E-state index contributed by atoms with van der Waals surface area (Å²) < 4.78 is 11.2. The van der Waals surface area contributed by atoms with Gasteiger partial charge in [0.15, 0.2) is 0 Å². The van der Waals surface area contributed by atoms with Gasteiger partial charge in [-0.3, -0.25) is 0 Å². The molecule has 2 rings (SSSR count). The predicted octanol–water partition coefficient (Wildman–Crippen LogP) is 2.35. The van der Waals surface area contributed by atoms with Crippen molar-refractivity contribution in [2.24, 2.45) is 0 Å². The lowest BCUT2D eigenvalue weighted by atomic mass is 9.87. The topological polar surface area (TPSA) is 30.5 Å². The lowest BCUT2D eigenvalue weighted by molar-refractivity contribution is 0.0592. The molecule has 100 valence electrons. The van der Waals surface area contributed by atoms with Gasteiger partial charge in [0.2, 0.25) is 0 Å². The Morgan fingerprint density at radius 1 is 1.28 bits per heavy atom. The molecule has 1 aromatic carbocycles. The Morgan fingerprint density at radius 3 is 2.56 bits per heavy atom. The van der Waals surface area contributed by atoms with Crippen molar-refractivity contribution in [1.29, 1.82) is 0 Å². The van der Waals surface area contributed by atoms with Crippen molar-refractivity contribution in [3.05, 3.63) is 29.8 Å². The van der Waals surface area contributed by atoms with Crippen molar-refractivity contribution >= 4 is 0 Å². The number of morpholine rings is 1. The van der Waals surface area contributed by atoms with Gasteiger partial charge in [0.25, 0.3) is 0 Å². The minimum Gasteiger partial charge on any atom is -0.492 e. The first kappa shape index (κ1) is 13.4. The predicted molar refractivity (Wildman–Crippen MR) is 73.2 cm³/mol. The normalized spacial score (nSPS) is 20.7. The molecule has 0 amide bonds. The Balaban J connectivity index is 1.86. The van der Waals surface area contributed by atoms with Crippen molar-refractivity contribution in [2.75, 3.05) is 26.4 Å². The number of benzene rings is 1. The monoisotopic (exact) mass is 249 g/mol. The highest BCUT2D eigenvalue weighted by Gasteiger charge is 2.15. The molecule has 1 atom stereocenters. The first-order chi connectivity index (χ1) is 8.55. The maximum absolute atomic E-state index is 5.77.